The monoisotopic (exact) mass is 652 g/mol. The molecule has 14 heteroatoms. The number of halogens is 1. The minimum atomic E-state index is -0.631. The molecule has 2 aliphatic heterocycles. The first-order chi connectivity index (χ1) is 22.9. The Bertz CT molecular complexity index is 2080. The van der Waals surface area contributed by atoms with Gasteiger partial charge < -0.3 is 19.5 Å². The predicted molar refractivity (Wildman–Crippen MR) is 169 cm³/mol. The Labute approximate surface area is 272 Å². The van der Waals surface area contributed by atoms with Crippen molar-refractivity contribution in [2.24, 2.45) is 0 Å². The summed E-state index contributed by atoms with van der Waals surface area (Å²) >= 11 is 1.57. The molecule has 1 N–H and O–H groups in total. The van der Waals surface area contributed by atoms with Gasteiger partial charge in [0.15, 0.2) is 12.1 Å². The highest BCUT2D eigenvalue weighted by Gasteiger charge is 2.47. The molecule has 3 aromatic heterocycles. The van der Waals surface area contributed by atoms with Gasteiger partial charge in [-0.05, 0) is 37.3 Å². The van der Waals surface area contributed by atoms with Gasteiger partial charge in [-0.2, -0.15) is 0 Å². The molecular weight excluding hydrogens is 623 g/mol. The van der Waals surface area contributed by atoms with Crippen molar-refractivity contribution in [3.8, 4) is 16.9 Å². The summed E-state index contributed by atoms with van der Waals surface area (Å²) in [5, 5.41) is 17.0. The van der Waals surface area contributed by atoms with E-state index in [0.29, 0.717) is 23.5 Å². The molecule has 5 atom stereocenters. The Morgan fingerprint density at radius 3 is 2.74 bits per heavy atom. The molecule has 0 bridgehead atoms. The van der Waals surface area contributed by atoms with E-state index in [1.165, 1.54) is 19.2 Å². The average Bonchev–Trinajstić information content (AvgIpc) is 3.85. The smallest absolute Gasteiger partial charge is 0.290 e. The van der Waals surface area contributed by atoms with Gasteiger partial charge in [-0.1, -0.05) is 47.7 Å². The summed E-state index contributed by atoms with van der Waals surface area (Å²) in [4.78, 5) is 22.0. The van der Waals surface area contributed by atoms with Gasteiger partial charge in [0.25, 0.3) is 5.91 Å². The van der Waals surface area contributed by atoms with E-state index in [2.05, 4.69) is 25.7 Å². The second kappa shape index (κ2) is 12.0. The van der Waals surface area contributed by atoms with Gasteiger partial charge in [0.05, 0.1) is 39.8 Å². The molecule has 3 aromatic carbocycles. The van der Waals surface area contributed by atoms with Gasteiger partial charge in [0, 0.05) is 24.6 Å². The predicted octanol–water partition coefficient (Wildman–Crippen LogP) is 5.13. The van der Waals surface area contributed by atoms with Crippen LogP contribution in [0, 0.1) is 12.7 Å². The van der Waals surface area contributed by atoms with Crippen LogP contribution >= 0.6 is 11.3 Å². The summed E-state index contributed by atoms with van der Waals surface area (Å²) in [7, 11) is 1.54. The highest BCUT2D eigenvalue weighted by atomic mass is 32.1. The van der Waals surface area contributed by atoms with Gasteiger partial charge in [-0.3, -0.25) is 4.79 Å². The average molecular weight is 653 g/mol. The Hall–Kier alpha value is -4.89. The van der Waals surface area contributed by atoms with E-state index in [1.54, 1.807) is 39.0 Å². The lowest BCUT2D eigenvalue weighted by molar-refractivity contribution is -0.302. The third-order valence-corrected chi connectivity index (χ3v) is 9.28. The number of amides is 1. The van der Waals surface area contributed by atoms with Crippen LogP contribution in [0.15, 0.2) is 79.0 Å². The maximum Gasteiger partial charge on any atom is 0.290 e. The molecule has 47 heavy (non-hydrogen) atoms. The molecule has 0 aliphatic carbocycles. The number of aryl methyl sites for hydroxylation is 1. The van der Waals surface area contributed by atoms with Crippen LogP contribution < -0.4 is 5.32 Å². The van der Waals surface area contributed by atoms with Crippen LogP contribution in [-0.2, 0) is 14.2 Å². The fourth-order valence-corrected chi connectivity index (χ4v) is 7.00. The molecule has 2 saturated heterocycles. The van der Waals surface area contributed by atoms with Gasteiger partial charge in [-0.15, -0.1) is 21.5 Å². The third kappa shape index (κ3) is 5.58. The molecule has 0 radical (unpaired) electrons. The van der Waals surface area contributed by atoms with Gasteiger partial charge in [0.1, 0.15) is 29.8 Å². The lowest BCUT2D eigenvalue weighted by Crippen LogP contribution is -2.51. The minimum absolute atomic E-state index is 0.0137. The topological polar surface area (TPSA) is 131 Å². The summed E-state index contributed by atoms with van der Waals surface area (Å²) < 4.78 is 37.9. The van der Waals surface area contributed by atoms with Crippen LogP contribution in [0.1, 0.15) is 51.9 Å². The van der Waals surface area contributed by atoms with E-state index in [0.717, 1.165) is 26.5 Å². The number of carbonyl (C=O) groups is 1. The molecule has 0 saturated carbocycles. The van der Waals surface area contributed by atoms with Crippen LogP contribution in [0.25, 0.3) is 27.2 Å². The molecule has 238 valence electrons. The fraction of sp³-hybridized carbons (Fsp3) is 0.273. The van der Waals surface area contributed by atoms with Crippen LogP contribution in [-0.4, -0.2) is 66.5 Å². The summed E-state index contributed by atoms with van der Waals surface area (Å²) in [6.45, 7) is 2.20. The number of hydrogen-bond acceptors (Lipinski definition) is 10. The number of aromatic nitrogens is 7. The van der Waals surface area contributed by atoms with Crippen molar-refractivity contribution in [3.63, 3.8) is 0 Å². The quantitative estimate of drug-likeness (QED) is 0.260. The molecule has 1 unspecified atom stereocenters. The van der Waals surface area contributed by atoms with Crippen LogP contribution in [0.2, 0.25) is 0 Å². The number of ether oxygens (including phenoxy) is 3. The number of benzene rings is 3. The summed E-state index contributed by atoms with van der Waals surface area (Å²) in [5.74, 6) is -0.321. The molecule has 12 nitrogen and oxygen atoms in total. The number of thiazole rings is 1. The van der Waals surface area contributed by atoms with Crippen LogP contribution in [0.5, 0.6) is 0 Å². The molecule has 2 fully saturated rings. The summed E-state index contributed by atoms with van der Waals surface area (Å²) in [6.07, 6.45) is -0.0738. The zero-order valence-electron chi connectivity index (χ0n) is 25.4. The number of carbonyl (C=O) groups excluding carboxylic acids is 1. The van der Waals surface area contributed by atoms with E-state index in [9.17, 15) is 9.18 Å². The Morgan fingerprint density at radius 1 is 1.04 bits per heavy atom. The van der Waals surface area contributed by atoms with Crippen molar-refractivity contribution < 1.29 is 23.4 Å². The van der Waals surface area contributed by atoms with E-state index in [1.807, 2.05) is 55.5 Å². The number of rotatable bonds is 6. The zero-order chi connectivity index (χ0) is 32.1. The Balaban J connectivity index is 1.19. The molecule has 5 heterocycles. The van der Waals surface area contributed by atoms with Crippen LogP contribution in [0.3, 0.4) is 0 Å². The molecule has 1 amide bonds. The molecular formula is C33H29FN8O4S. The molecule has 2 aliphatic rings. The second-order valence-corrected chi connectivity index (χ2v) is 12.6. The van der Waals surface area contributed by atoms with Crippen molar-refractivity contribution in [3.05, 3.63) is 107 Å². The number of fused-ring (bicyclic) bond motifs is 2. The van der Waals surface area contributed by atoms with E-state index in [4.69, 9.17) is 19.2 Å². The first-order valence-corrected chi connectivity index (χ1v) is 16.0. The van der Waals surface area contributed by atoms with Crippen molar-refractivity contribution in [1.29, 1.82) is 0 Å². The molecule has 8 rings (SSSR count). The fourth-order valence-electron chi connectivity index (χ4n) is 6.14. The normalized spacial score (nSPS) is 22.7. The van der Waals surface area contributed by atoms with Gasteiger partial charge >= 0.3 is 0 Å². The van der Waals surface area contributed by atoms with Gasteiger partial charge in [0.2, 0.25) is 5.82 Å². The largest absolute Gasteiger partial charge is 0.362 e. The minimum Gasteiger partial charge on any atom is -0.362 e. The van der Waals surface area contributed by atoms with Crippen molar-refractivity contribution in [1.82, 2.24) is 40.1 Å². The second-order valence-electron chi connectivity index (χ2n) is 11.4. The molecule has 0 spiro atoms. The van der Waals surface area contributed by atoms with Crippen LogP contribution in [0.4, 0.5) is 4.39 Å². The Morgan fingerprint density at radius 2 is 1.91 bits per heavy atom. The molecule has 6 aromatic rings. The Kier molecular flexibility index (Phi) is 7.56. The lowest BCUT2D eigenvalue weighted by atomic mass is 9.93. The maximum absolute atomic E-state index is 14.1. The maximum atomic E-state index is 14.1. The highest BCUT2D eigenvalue weighted by Crippen LogP contribution is 2.44. The summed E-state index contributed by atoms with van der Waals surface area (Å²) in [5.41, 5.74) is 3.61. The number of nitrogens with one attached hydrogen (secondary N) is 1. The summed E-state index contributed by atoms with van der Waals surface area (Å²) in [6, 6.07) is 21.4. The van der Waals surface area contributed by atoms with E-state index >= 15 is 0 Å². The SMILES string of the molecule is CNC(=O)c1nc([C@H]2C[C@@H](n3cc(-c4cccc(F)c4)nn3)[C@H]3OC(c4ccccc4)OC[C@H]3O2)n(-c2ccc3nc(C)sc3c2)n1. The highest BCUT2D eigenvalue weighted by molar-refractivity contribution is 7.18. The number of hydrogen-bond donors (Lipinski definition) is 1. The first-order valence-electron chi connectivity index (χ1n) is 15.2. The lowest BCUT2D eigenvalue weighted by Gasteiger charge is -2.45. The van der Waals surface area contributed by atoms with Crippen molar-refractivity contribution >= 4 is 27.5 Å². The van der Waals surface area contributed by atoms with Crippen molar-refractivity contribution in [2.75, 3.05) is 13.7 Å². The zero-order valence-corrected chi connectivity index (χ0v) is 26.2. The van der Waals surface area contributed by atoms with E-state index in [-0.39, 0.29) is 24.3 Å². The first kappa shape index (κ1) is 29.5. The van der Waals surface area contributed by atoms with E-state index < -0.39 is 30.5 Å². The third-order valence-electron chi connectivity index (χ3n) is 8.35. The number of nitrogens with zero attached hydrogens (tertiary/aromatic N) is 7. The standard InChI is InChI=1S/C33H29FN8O4S/c1-18-36-23-12-11-22(14-28(23)47-18)42-31(37-30(39-42)32(43)35-2)26-15-25(41-16-24(38-40-41)20-9-6-10-21(34)13-20)29-27(45-26)17-44-33(46-29)19-7-4-3-5-8-19/h3-14,16,25-27,29,33H,15,17H2,1-2H3,(H,35,43)/t25-,26-,27-,29-,33?/m1/s1. The van der Waals surface area contributed by atoms with Crippen molar-refractivity contribution in [2.45, 2.75) is 44.0 Å². The van der Waals surface area contributed by atoms with Gasteiger partial charge in [-0.25, -0.2) is 23.7 Å².